The summed E-state index contributed by atoms with van der Waals surface area (Å²) in [5.41, 5.74) is 3.70. The van der Waals surface area contributed by atoms with Crippen molar-refractivity contribution >= 4 is 17.7 Å². The summed E-state index contributed by atoms with van der Waals surface area (Å²) in [6.45, 7) is 6.77. The van der Waals surface area contributed by atoms with Crippen LogP contribution in [-0.4, -0.2) is 32.6 Å². The lowest BCUT2D eigenvalue weighted by Gasteiger charge is -2.14. The number of aryl methyl sites for hydroxylation is 2. The molecule has 1 aliphatic rings. The van der Waals surface area contributed by atoms with Crippen molar-refractivity contribution in [3.63, 3.8) is 0 Å². The van der Waals surface area contributed by atoms with Crippen LogP contribution in [0.25, 0.3) is 0 Å². The average molecular weight is 430 g/mol. The Morgan fingerprint density at radius 3 is 2.90 bits per heavy atom. The van der Waals surface area contributed by atoms with Crippen molar-refractivity contribution in [2.45, 2.75) is 69.9 Å². The normalized spacial score (nSPS) is 14.8. The molecule has 0 saturated heterocycles. The fourth-order valence-corrected chi connectivity index (χ4v) is 4.24. The number of amides is 1. The Kier molecular flexibility index (Phi) is 7.79. The largest absolute Gasteiger partial charge is 0.485 e. The van der Waals surface area contributed by atoms with Crippen molar-refractivity contribution in [2.24, 2.45) is 0 Å². The Labute approximate surface area is 182 Å². The minimum Gasteiger partial charge on any atom is -0.485 e. The second kappa shape index (κ2) is 10.5. The molecule has 162 valence electrons. The van der Waals surface area contributed by atoms with Crippen LogP contribution < -0.4 is 15.9 Å². The number of nitrogen functional groups attached to an aromatic ring is 1. The van der Waals surface area contributed by atoms with Gasteiger partial charge in [-0.25, -0.2) is 4.68 Å². The molecule has 0 bridgehead atoms. The molecule has 3 N–H and O–H groups in total. The van der Waals surface area contributed by atoms with E-state index in [1.54, 1.807) is 0 Å². The van der Waals surface area contributed by atoms with Crippen LogP contribution >= 0.6 is 11.8 Å². The monoisotopic (exact) mass is 429 g/mol. The number of ether oxygens (including phenoxy) is 1. The zero-order valence-corrected chi connectivity index (χ0v) is 18.8. The molecule has 0 aliphatic heterocycles. The van der Waals surface area contributed by atoms with Crippen LogP contribution in [0.2, 0.25) is 0 Å². The summed E-state index contributed by atoms with van der Waals surface area (Å²) in [4.78, 5) is 12.4. The van der Waals surface area contributed by atoms with Crippen molar-refractivity contribution in [1.82, 2.24) is 20.2 Å². The number of aromatic nitrogens is 3. The molecular formula is C22H31N5O2S. The van der Waals surface area contributed by atoms with Gasteiger partial charge in [0.2, 0.25) is 11.1 Å². The van der Waals surface area contributed by atoms with Gasteiger partial charge in [0.25, 0.3) is 0 Å². The summed E-state index contributed by atoms with van der Waals surface area (Å²) in [6.07, 6.45) is 8.10. The van der Waals surface area contributed by atoms with Crippen LogP contribution in [-0.2, 0) is 11.4 Å². The summed E-state index contributed by atoms with van der Waals surface area (Å²) in [6, 6.07) is 6.00. The lowest BCUT2D eigenvalue weighted by atomic mass is 9.97. The molecule has 1 aromatic heterocycles. The summed E-state index contributed by atoms with van der Waals surface area (Å²) in [5.74, 6) is 7.41. The van der Waals surface area contributed by atoms with E-state index in [9.17, 15) is 4.79 Å². The zero-order valence-electron chi connectivity index (χ0n) is 18.0. The van der Waals surface area contributed by atoms with Gasteiger partial charge in [-0.2, -0.15) is 0 Å². The molecule has 2 aromatic rings. The van der Waals surface area contributed by atoms with Gasteiger partial charge in [-0.05, 0) is 64.5 Å². The highest BCUT2D eigenvalue weighted by Gasteiger charge is 2.19. The molecule has 0 saturated carbocycles. The molecule has 0 unspecified atom stereocenters. The van der Waals surface area contributed by atoms with E-state index >= 15 is 0 Å². The molecule has 1 amide bonds. The van der Waals surface area contributed by atoms with Crippen LogP contribution in [0, 0.1) is 13.8 Å². The number of hydrogen-bond acceptors (Lipinski definition) is 6. The van der Waals surface area contributed by atoms with Gasteiger partial charge in [-0.1, -0.05) is 41.1 Å². The zero-order chi connectivity index (χ0) is 21.5. The van der Waals surface area contributed by atoms with E-state index in [0.717, 1.165) is 30.6 Å². The van der Waals surface area contributed by atoms with E-state index in [2.05, 4.69) is 27.7 Å². The number of thioether (sulfide) groups is 1. The first-order valence-corrected chi connectivity index (χ1v) is 11.3. The third-order valence-corrected chi connectivity index (χ3v) is 6.26. The van der Waals surface area contributed by atoms with E-state index < -0.39 is 0 Å². The maximum absolute atomic E-state index is 12.4. The van der Waals surface area contributed by atoms with Gasteiger partial charge in [-0.3, -0.25) is 4.79 Å². The minimum absolute atomic E-state index is 0.0208. The number of nitrogens with one attached hydrogen (secondary N) is 1. The number of nitrogens with two attached hydrogens (primary N) is 1. The van der Waals surface area contributed by atoms with Gasteiger partial charge >= 0.3 is 0 Å². The van der Waals surface area contributed by atoms with Gasteiger partial charge in [0.15, 0.2) is 5.82 Å². The molecule has 1 aromatic carbocycles. The first-order valence-electron chi connectivity index (χ1n) is 10.5. The molecule has 0 radical (unpaired) electrons. The number of benzene rings is 1. The van der Waals surface area contributed by atoms with Crippen molar-refractivity contribution in [1.29, 1.82) is 0 Å². The quantitative estimate of drug-likeness (QED) is 0.359. The Balaban J connectivity index is 1.48. The fraction of sp³-hybridized carbons (Fsp3) is 0.500. The van der Waals surface area contributed by atoms with Gasteiger partial charge in [0.1, 0.15) is 12.4 Å². The number of hydrogen-bond donors (Lipinski definition) is 2. The van der Waals surface area contributed by atoms with Crippen LogP contribution in [0.1, 0.15) is 56.0 Å². The van der Waals surface area contributed by atoms with E-state index in [1.807, 2.05) is 32.9 Å². The van der Waals surface area contributed by atoms with Crippen molar-refractivity contribution < 1.29 is 9.53 Å². The minimum atomic E-state index is -0.315. The maximum atomic E-state index is 12.4. The lowest BCUT2D eigenvalue weighted by molar-refractivity contribution is -0.120. The average Bonchev–Trinajstić information content (AvgIpc) is 3.07. The predicted molar refractivity (Wildman–Crippen MR) is 120 cm³/mol. The summed E-state index contributed by atoms with van der Waals surface area (Å²) in [5, 5.41) is 11.4. The molecular weight excluding hydrogens is 398 g/mol. The third-order valence-electron chi connectivity index (χ3n) is 5.20. The van der Waals surface area contributed by atoms with Crippen LogP contribution in [0.15, 0.2) is 35.0 Å². The topological polar surface area (TPSA) is 95.1 Å². The van der Waals surface area contributed by atoms with Crippen molar-refractivity contribution in [3.8, 4) is 5.75 Å². The summed E-state index contributed by atoms with van der Waals surface area (Å²) < 4.78 is 7.23. The first-order chi connectivity index (χ1) is 14.4. The highest BCUT2D eigenvalue weighted by Crippen LogP contribution is 2.23. The molecule has 1 aliphatic carbocycles. The molecule has 3 rings (SSSR count). The Morgan fingerprint density at radius 2 is 2.17 bits per heavy atom. The van der Waals surface area contributed by atoms with Crippen LogP contribution in [0.4, 0.5) is 0 Å². The highest BCUT2D eigenvalue weighted by molar-refractivity contribution is 8.00. The first kappa shape index (κ1) is 22.2. The van der Waals surface area contributed by atoms with E-state index in [0.29, 0.717) is 17.5 Å². The number of rotatable bonds is 9. The Bertz CT molecular complexity index is 909. The molecule has 7 nitrogen and oxygen atoms in total. The number of allylic oxidation sites excluding steroid dienone is 1. The van der Waals surface area contributed by atoms with Crippen molar-refractivity contribution in [3.05, 3.63) is 46.8 Å². The van der Waals surface area contributed by atoms with Crippen LogP contribution in [0.3, 0.4) is 0 Å². The van der Waals surface area contributed by atoms with Gasteiger partial charge in [0.05, 0.1) is 5.25 Å². The molecule has 1 heterocycles. The van der Waals surface area contributed by atoms with E-state index in [1.165, 1.54) is 40.4 Å². The van der Waals surface area contributed by atoms with Crippen LogP contribution in [0.5, 0.6) is 5.75 Å². The van der Waals surface area contributed by atoms with Gasteiger partial charge in [0, 0.05) is 6.54 Å². The SMILES string of the molecule is Cc1ccc(OCc2nnc(S[C@H](C)C(=O)NCCC3=CCCCC3)n2N)c(C)c1. The molecule has 1 atom stereocenters. The van der Waals surface area contributed by atoms with Gasteiger partial charge in [-0.15, -0.1) is 10.2 Å². The maximum Gasteiger partial charge on any atom is 0.233 e. The molecule has 0 fully saturated rings. The summed E-state index contributed by atoms with van der Waals surface area (Å²) >= 11 is 1.29. The van der Waals surface area contributed by atoms with Crippen molar-refractivity contribution in [2.75, 3.05) is 12.4 Å². The van der Waals surface area contributed by atoms with E-state index in [4.69, 9.17) is 10.6 Å². The number of carbonyl (C=O) groups is 1. The third kappa shape index (κ3) is 6.01. The van der Waals surface area contributed by atoms with Gasteiger partial charge < -0.3 is 15.9 Å². The fourth-order valence-electron chi connectivity index (χ4n) is 3.42. The molecule has 30 heavy (non-hydrogen) atoms. The second-order valence-corrected chi connectivity index (χ2v) is 9.04. The number of carbonyl (C=O) groups excluding carboxylic acids is 1. The number of nitrogens with zero attached hydrogens (tertiary/aromatic N) is 3. The molecule has 8 heteroatoms. The second-order valence-electron chi connectivity index (χ2n) is 7.74. The standard InChI is InChI=1S/C22H31N5O2S/c1-15-9-10-19(16(2)13-15)29-14-20-25-26-22(27(20)23)30-17(3)21(28)24-12-11-18-7-5-4-6-8-18/h7,9-10,13,17H,4-6,8,11-12,14,23H2,1-3H3,(H,24,28)/t17-/m1/s1. The predicted octanol–water partition coefficient (Wildman–Crippen LogP) is 3.68. The summed E-state index contributed by atoms with van der Waals surface area (Å²) in [7, 11) is 0. The lowest BCUT2D eigenvalue weighted by Crippen LogP contribution is -2.32. The smallest absolute Gasteiger partial charge is 0.233 e. The Morgan fingerprint density at radius 1 is 1.33 bits per heavy atom. The van der Waals surface area contributed by atoms with E-state index in [-0.39, 0.29) is 17.8 Å². The highest BCUT2D eigenvalue weighted by atomic mass is 32.2. The Hall–Kier alpha value is -2.48. The molecule has 0 spiro atoms.